The molecular weight excluding hydrogens is 262 g/mol. The fourth-order valence-corrected chi connectivity index (χ4v) is 1.59. The third kappa shape index (κ3) is 7.24. The van der Waals surface area contributed by atoms with Crippen molar-refractivity contribution in [3.05, 3.63) is 40.7 Å². The molecule has 0 heterocycles. The fourth-order valence-electron chi connectivity index (χ4n) is 1.36. The van der Waals surface area contributed by atoms with Gasteiger partial charge in [0.15, 0.2) is 5.29 Å². The second kappa shape index (κ2) is 8.37. The van der Waals surface area contributed by atoms with Gasteiger partial charge in [-0.3, -0.25) is 0 Å². The standard InChI is InChI=1S/C13H15Cl2FO/c14-11-6-8-12(9-7-11)17-10-4-2-1-3-5-13(15)16/h5-9H,1-4,10H2/b13-5+. The van der Waals surface area contributed by atoms with Gasteiger partial charge in [-0.2, -0.15) is 4.39 Å². The molecule has 94 valence electrons. The minimum absolute atomic E-state index is 0.623. The topological polar surface area (TPSA) is 9.23 Å². The average molecular weight is 277 g/mol. The van der Waals surface area contributed by atoms with Crippen LogP contribution in [0, 0.1) is 0 Å². The van der Waals surface area contributed by atoms with E-state index in [1.54, 1.807) is 12.1 Å². The number of halogens is 3. The number of allylic oxidation sites excluding steroid dienone is 1. The number of unbranched alkanes of at least 4 members (excludes halogenated alkanes) is 3. The van der Waals surface area contributed by atoms with Crippen LogP contribution in [0.15, 0.2) is 35.6 Å². The second-order valence-corrected chi connectivity index (χ2v) is 4.44. The van der Waals surface area contributed by atoms with Gasteiger partial charge in [-0.15, -0.1) is 0 Å². The summed E-state index contributed by atoms with van der Waals surface area (Å²) >= 11 is 10.8. The Bertz CT molecular complexity index is 345. The predicted molar refractivity (Wildman–Crippen MR) is 70.5 cm³/mol. The summed E-state index contributed by atoms with van der Waals surface area (Å²) in [6, 6.07) is 7.28. The van der Waals surface area contributed by atoms with Crippen molar-refractivity contribution in [2.45, 2.75) is 25.7 Å². The van der Waals surface area contributed by atoms with E-state index in [1.807, 2.05) is 12.1 Å². The molecule has 0 saturated heterocycles. The Labute approximate surface area is 111 Å². The molecule has 0 unspecified atom stereocenters. The van der Waals surface area contributed by atoms with Gasteiger partial charge in [0.2, 0.25) is 0 Å². The molecule has 0 bridgehead atoms. The number of hydrogen-bond donors (Lipinski definition) is 0. The largest absolute Gasteiger partial charge is 0.494 e. The SMILES string of the molecule is F/C(Cl)=C/CCCCCOc1ccc(Cl)cc1. The summed E-state index contributed by atoms with van der Waals surface area (Å²) in [5.74, 6) is 0.820. The van der Waals surface area contributed by atoms with E-state index in [1.165, 1.54) is 6.08 Å². The Kier molecular flexibility index (Phi) is 7.06. The highest BCUT2D eigenvalue weighted by Crippen LogP contribution is 2.16. The van der Waals surface area contributed by atoms with E-state index in [0.717, 1.165) is 25.0 Å². The molecule has 1 nitrogen and oxygen atoms in total. The van der Waals surface area contributed by atoms with E-state index in [9.17, 15) is 4.39 Å². The van der Waals surface area contributed by atoms with E-state index >= 15 is 0 Å². The van der Waals surface area contributed by atoms with Crippen molar-refractivity contribution in [1.82, 2.24) is 0 Å². The first kappa shape index (κ1) is 14.3. The molecule has 0 radical (unpaired) electrons. The van der Waals surface area contributed by atoms with E-state index < -0.39 is 5.29 Å². The lowest BCUT2D eigenvalue weighted by Crippen LogP contribution is -1.96. The van der Waals surface area contributed by atoms with E-state index in [0.29, 0.717) is 18.1 Å². The first-order valence-corrected chi connectivity index (χ1v) is 6.33. The van der Waals surface area contributed by atoms with Crippen LogP contribution in [0.5, 0.6) is 5.75 Å². The van der Waals surface area contributed by atoms with Crippen LogP contribution in [0.1, 0.15) is 25.7 Å². The summed E-state index contributed by atoms with van der Waals surface area (Å²) in [4.78, 5) is 0. The van der Waals surface area contributed by atoms with Crippen molar-refractivity contribution in [1.29, 1.82) is 0 Å². The molecule has 1 aromatic rings. The zero-order valence-corrected chi connectivity index (χ0v) is 11.0. The van der Waals surface area contributed by atoms with Crippen LogP contribution < -0.4 is 4.74 Å². The molecule has 0 aliphatic rings. The summed E-state index contributed by atoms with van der Waals surface area (Å²) in [7, 11) is 0. The molecule has 17 heavy (non-hydrogen) atoms. The maximum absolute atomic E-state index is 12.1. The van der Waals surface area contributed by atoms with Gasteiger partial charge in [-0.1, -0.05) is 23.2 Å². The number of hydrogen-bond acceptors (Lipinski definition) is 1. The molecule has 1 aromatic carbocycles. The number of benzene rings is 1. The quantitative estimate of drug-likeness (QED) is 0.612. The van der Waals surface area contributed by atoms with Gasteiger partial charge in [0.05, 0.1) is 6.61 Å². The smallest absolute Gasteiger partial charge is 0.185 e. The summed E-state index contributed by atoms with van der Waals surface area (Å²) < 4.78 is 17.6. The van der Waals surface area contributed by atoms with Gasteiger partial charge in [0.25, 0.3) is 0 Å². The van der Waals surface area contributed by atoms with Crippen LogP contribution in [0.25, 0.3) is 0 Å². The van der Waals surface area contributed by atoms with Crippen molar-refractivity contribution >= 4 is 23.2 Å². The molecule has 1 rings (SSSR count). The van der Waals surface area contributed by atoms with Crippen LogP contribution >= 0.6 is 23.2 Å². The Morgan fingerprint density at radius 2 is 1.88 bits per heavy atom. The third-order valence-electron chi connectivity index (χ3n) is 2.23. The average Bonchev–Trinajstić information content (AvgIpc) is 2.30. The zero-order valence-electron chi connectivity index (χ0n) is 9.46. The Morgan fingerprint density at radius 1 is 1.18 bits per heavy atom. The van der Waals surface area contributed by atoms with Crippen molar-refractivity contribution < 1.29 is 9.13 Å². The summed E-state index contributed by atoms with van der Waals surface area (Å²) in [5.41, 5.74) is 0. The van der Waals surface area contributed by atoms with Gasteiger partial charge in [0, 0.05) is 5.02 Å². The Hall–Kier alpha value is -0.730. The van der Waals surface area contributed by atoms with E-state index in [2.05, 4.69) is 0 Å². The molecule has 0 saturated carbocycles. The minimum Gasteiger partial charge on any atom is -0.494 e. The van der Waals surface area contributed by atoms with Crippen LogP contribution in [0.2, 0.25) is 5.02 Å². The number of rotatable bonds is 7. The molecule has 0 fully saturated rings. The summed E-state index contributed by atoms with van der Waals surface area (Å²) in [5, 5.41) is 0.0784. The van der Waals surface area contributed by atoms with Crippen LogP contribution in [-0.2, 0) is 0 Å². The van der Waals surface area contributed by atoms with Crippen LogP contribution in [-0.4, -0.2) is 6.61 Å². The second-order valence-electron chi connectivity index (χ2n) is 3.65. The monoisotopic (exact) mass is 276 g/mol. The third-order valence-corrected chi connectivity index (χ3v) is 2.64. The minimum atomic E-state index is -0.623. The molecule has 0 aromatic heterocycles. The van der Waals surface area contributed by atoms with Crippen molar-refractivity contribution in [3.8, 4) is 5.75 Å². The fraction of sp³-hybridized carbons (Fsp3) is 0.385. The predicted octanol–water partition coefficient (Wildman–Crippen LogP) is 5.33. The lowest BCUT2D eigenvalue weighted by atomic mass is 10.2. The lowest BCUT2D eigenvalue weighted by molar-refractivity contribution is 0.305. The first-order chi connectivity index (χ1) is 8.18. The van der Waals surface area contributed by atoms with Crippen molar-refractivity contribution in [2.24, 2.45) is 0 Å². The molecule has 0 aliphatic carbocycles. The molecule has 4 heteroatoms. The van der Waals surface area contributed by atoms with Crippen molar-refractivity contribution in [2.75, 3.05) is 6.61 Å². The highest BCUT2D eigenvalue weighted by atomic mass is 35.5. The van der Waals surface area contributed by atoms with Crippen molar-refractivity contribution in [3.63, 3.8) is 0 Å². The molecule has 0 spiro atoms. The number of ether oxygens (including phenoxy) is 1. The molecular formula is C13H15Cl2FO. The van der Waals surface area contributed by atoms with Gasteiger partial charge < -0.3 is 4.74 Å². The molecule has 0 N–H and O–H groups in total. The van der Waals surface area contributed by atoms with Gasteiger partial charge in [-0.25, -0.2) is 0 Å². The van der Waals surface area contributed by atoms with Crippen LogP contribution in [0.4, 0.5) is 4.39 Å². The highest BCUT2D eigenvalue weighted by Gasteiger charge is 1.94. The van der Waals surface area contributed by atoms with Gasteiger partial charge >= 0.3 is 0 Å². The lowest BCUT2D eigenvalue weighted by Gasteiger charge is -2.05. The summed E-state index contributed by atoms with van der Waals surface area (Å²) in [6.45, 7) is 0.661. The maximum atomic E-state index is 12.1. The first-order valence-electron chi connectivity index (χ1n) is 5.58. The van der Waals surface area contributed by atoms with Gasteiger partial charge in [0.1, 0.15) is 5.75 Å². The zero-order chi connectivity index (χ0) is 12.5. The molecule has 0 amide bonds. The maximum Gasteiger partial charge on any atom is 0.185 e. The van der Waals surface area contributed by atoms with Crippen LogP contribution in [0.3, 0.4) is 0 Å². The molecule has 0 atom stereocenters. The van der Waals surface area contributed by atoms with Gasteiger partial charge in [-0.05, 0) is 56.0 Å². The summed E-state index contributed by atoms with van der Waals surface area (Å²) in [6.07, 6.45) is 4.93. The Morgan fingerprint density at radius 3 is 2.53 bits per heavy atom. The molecule has 0 aliphatic heterocycles. The Balaban J connectivity index is 2.04. The highest BCUT2D eigenvalue weighted by molar-refractivity contribution is 6.30. The van der Waals surface area contributed by atoms with E-state index in [-0.39, 0.29) is 0 Å². The normalized spacial score (nSPS) is 11.6. The van der Waals surface area contributed by atoms with E-state index in [4.69, 9.17) is 27.9 Å².